The molecule has 0 aromatic heterocycles. The Labute approximate surface area is 232 Å². The molecule has 0 saturated carbocycles. The molecule has 0 aliphatic carbocycles. The van der Waals surface area contributed by atoms with Crippen LogP contribution in [0, 0.1) is 5.92 Å². The number of carbonyl (C=O) groups excluding carboxylic acids is 1. The first kappa shape index (κ1) is 29.9. The fourth-order valence-corrected chi connectivity index (χ4v) is 5.98. The highest BCUT2D eigenvalue weighted by atomic mass is 32.1. The Kier molecular flexibility index (Phi) is 11.0. The fraction of sp³-hybridized carbons (Fsp3) is 0.552. The van der Waals surface area contributed by atoms with Crippen LogP contribution in [0.25, 0.3) is 0 Å². The average Bonchev–Trinajstić information content (AvgIpc) is 3.25. The van der Waals surface area contributed by atoms with Gasteiger partial charge in [-0.05, 0) is 24.5 Å². The van der Waals surface area contributed by atoms with Crippen molar-refractivity contribution in [2.45, 2.75) is 57.1 Å². The Morgan fingerprint density at radius 3 is 2.13 bits per heavy atom. The Morgan fingerprint density at radius 1 is 1.03 bits per heavy atom. The van der Waals surface area contributed by atoms with E-state index in [2.05, 4.69) is 29.7 Å². The van der Waals surface area contributed by atoms with Gasteiger partial charge in [0.25, 0.3) is 0 Å². The molecule has 8 nitrogen and oxygen atoms in total. The van der Waals surface area contributed by atoms with Crippen LogP contribution in [0.4, 0.5) is 0 Å². The molecule has 2 N–H and O–H groups in total. The Morgan fingerprint density at radius 2 is 1.61 bits per heavy atom. The lowest BCUT2D eigenvalue weighted by molar-refractivity contribution is -0.125. The van der Waals surface area contributed by atoms with Crippen molar-refractivity contribution in [3.8, 4) is 23.0 Å². The summed E-state index contributed by atoms with van der Waals surface area (Å²) in [5.41, 5.74) is 8.03. The molecule has 1 heterocycles. The second-order valence-electron chi connectivity index (χ2n) is 9.94. The third-order valence-electron chi connectivity index (χ3n) is 7.53. The van der Waals surface area contributed by atoms with Gasteiger partial charge in [0.1, 0.15) is 0 Å². The van der Waals surface area contributed by atoms with Crippen molar-refractivity contribution in [3.05, 3.63) is 47.5 Å². The standard InChI is InChI=1S/C29H43N3O5S/c1-7-19(2)26(29(30)33)32(16-21-11-9-13-25(35-4)28(21)37-6)17-22-14-23(38)18-31(22)15-20-10-8-12-24(34-3)27(20)36-5/h8-13,19,22-23,26,38H,7,14-18H2,1-6H3,(H2,30,33)/t19-,22-,23-,26-/m0/s1. The van der Waals surface area contributed by atoms with E-state index >= 15 is 0 Å². The second kappa shape index (κ2) is 14.0. The number of thiol groups is 1. The minimum Gasteiger partial charge on any atom is -0.493 e. The van der Waals surface area contributed by atoms with Crippen LogP contribution in [-0.2, 0) is 17.9 Å². The molecule has 210 valence electrons. The minimum absolute atomic E-state index is 0.0873. The molecule has 1 saturated heterocycles. The second-order valence-corrected chi connectivity index (χ2v) is 10.7. The van der Waals surface area contributed by atoms with Crippen molar-refractivity contribution in [2.75, 3.05) is 41.5 Å². The van der Waals surface area contributed by atoms with Gasteiger partial charge in [0.2, 0.25) is 5.91 Å². The number of nitrogens with zero attached hydrogens (tertiary/aromatic N) is 2. The van der Waals surface area contributed by atoms with Crippen LogP contribution >= 0.6 is 12.6 Å². The van der Waals surface area contributed by atoms with Gasteiger partial charge in [0, 0.05) is 48.6 Å². The number of benzene rings is 2. The molecule has 0 unspecified atom stereocenters. The van der Waals surface area contributed by atoms with E-state index in [0.717, 1.165) is 36.3 Å². The number of methoxy groups -OCH3 is 4. The summed E-state index contributed by atoms with van der Waals surface area (Å²) in [7, 11) is 6.57. The first-order chi connectivity index (χ1) is 18.3. The molecular weight excluding hydrogens is 502 g/mol. The number of carbonyl (C=O) groups is 1. The number of nitrogens with two attached hydrogens (primary N) is 1. The lowest BCUT2D eigenvalue weighted by atomic mass is 9.95. The zero-order valence-corrected chi connectivity index (χ0v) is 24.4. The number of para-hydroxylation sites is 2. The van der Waals surface area contributed by atoms with Crippen LogP contribution < -0.4 is 24.7 Å². The van der Waals surface area contributed by atoms with Crippen molar-refractivity contribution < 1.29 is 23.7 Å². The van der Waals surface area contributed by atoms with E-state index in [1.54, 1.807) is 28.4 Å². The molecule has 0 bridgehead atoms. The highest BCUT2D eigenvalue weighted by molar-refractivity contribution is 7.81. The predicted molar refractivity (Wildman–Crippen MR) is 154 cm³/mol. The first-order valence-corrected chi connectivity index (χ1v) is 13.6. The molecule has 1 aliphatic heterocycles. The Bertz CT molecular complexity index is 1070. The molecule has 4 atom stereocenters. The first-order valence-electron chi connectivity index (χ1n) is 13.1. The lowest BCUT2D eigenvalue weighted by Gasteiger charge is -2.37. The zero-order valence-electron chi connectivity index (χ0n) is 23.5. The van der Waals surface area contributed by atoms with Gasteiger partial charge in [0.15, 0.2) is 23.0 Å². The van der Waals surface area contributed by atoms with E-state index in [9.17, 15) is 4.79 Å². The van der Waals surface area contributed by atoms with Crippen LogP contribution in [0.1, 0.15) is 37.8 Å². The van der Waals surface area contributed by atoms with E-state index in [1.807, 2.05) is 30.3 Å². The summed E-state index contributed by atoms with van der Waals surface area (Å²) in [6.07, 6.45) is 1.73. The number of amides is 1. The lowest BCUT2D eigenvalue weighted by Crippen LogP contribution is -2.52. The van der Waals surface area contributed by atoms with Gasteiger partial charge < -0.3 is 24.7 Å². The number of primary amides is 1. The zero-order chi connectivity index (χ0) is 27.8. The molecule has 2 aromatic rings. The molecule has 0 spiro atoms. The number of hydrogen-bond acceptors (Lipinski definition) is 8. The third kappa shape index (κ3) is 6.87. The van der Waals surface area contributed by atoms with E-state index in [1.165, 1.54) is 0 Å². The Hall–Kier alpha value is -2.62. The van der Waals surface area contributed by atoms with Crippen LogP contribution in [0.5, 0.6) is 23.0 Å². The molecule has 1 aliphatic rings. The number of ether oxygens (including phenoxy) is 4. The maximum Gasteiger partial charge on any atom is 0.235 e. The molecule has 3 rings (SSSR count). The highest BCUT2D eigenvalue weighted by Gasteiger charge is 2.37. The number of hydrogen-bond donors (Lipinski definition) is 2. The normalized spacial score (nSPS) is 19.3. The average molecular weight is 546 g/mol. The molecular formula is C29H43N3O5S. The SMILES string of the molecule is CC[C@H](C)[C@@H](C(N)=O)N(Cc1cccc(OC)c1OC)C[C@@H]1C[C@H](S)CN1Cc1cccc(OC)c1OC. The summed E-state index contributed by atoms with van der Waals surface area (Å²) < 4.78 is 22.5. The quantitative estimate of drug-likeness (QED) is 0.347. The summed E-state index contributed by atoms with van der Waals surface area (Å²) in [5.74, 6) is 2.55. The molecule has 2 aromatic carbocycles. The van der Waals surface area contributed by atoms with Crippen molar-refractivity contribution in [1.29, 1.82) is 0 Å². The van der Waals surface area contributed by atoms with Gasteiger partial charge >= 0.3 is 0 Å². The molecule has 1 fully saturated rings. The van der Waals surface area contributed by atoms with Gasteiger partial charge in [-0.15, -0.1) is 0 Å². The van der Waals surface area contributed by atoms with Crippen molar-refractivity contribution >= 4 is 18.5 Å². The summed E-state index contributed by atoms with van der Waals surface area (Å²) in [4.78, 5) is 17.5. The molecule has 0 radical (unpaired) electrons. The summed E-state index contributed by atoms with van der Waals surface area (Å²) >= 11 is 4.85. The number of likely N-dealkylation sites (tertiary alicyclic amines) is 1. The van der Waals surface area contributed by atoms with Crippen LogP contribution in [0.15, 0.2) is 36.4 Å². The van der Waals surface area contributed by atoms with Gasteiger partial charge in [-0.2, -0.15) is 12.6 Å². The van der Waals surface area contributed by atoms with Crippen molar-refractivity contribution in [1.82, 2.24) is 9.80 Å². The smallest absolute Gasteiger partial charge is 0.235 e. The largest absolute Gasteiger partial charge is 0.493 e. The fourth-order valence-electron chi connectivity index (χ4n) is 5.53. The van der Waals surface area contributed by atoms with Gasteiger partial charge in [-0.1, -0.05) is 44.5 Å². The molecule has 38 heavy (non-hydrogen) atoms. The van der Waals surface area contributed by atoms with Crippen molar-refractivity contribution in [3.63, 3.8) is 0 Å². The third-order valence-corrected chi connectivity index (χ3v) is 7.91. The van der Waals surface area contributed by atoms with E-state index in [-0.39, 0.29) is 23.1 Å². The van der Waals surface area contributed by atoms with Gasteiger partial charge in [0.05, 0.1) is 34.5 Å². The van der Waals surface area contributed by atoms with E-state index in [0.29, 0.717) is 36.9 Å². The highest BCUT2D eigenvalue weighted by Crippen LogP contribution is 2.36. The maximum atomic E-state index is 12.8. The molecule has 1 amide bonds. The van der Waals surface area contributed by atoms with Crippen LogP contribution in [0.3, 0.4) is 0 Å². The van der Waals surface area contributed by atoms with E-state index in [4.69, 9.17) is 37.3 Å². The minimum atomic E-state index is -0.428. The molecule has 9 heteroatoms. The summed E-state index contributed by atoms with van der Waals surface area (Å²) in [5, 5.41) is 0.223. The monoisotopic (exact) mass is 545 g/mol. The summed E-state index contributed by atoms with van der Waals surface area (Å²) in [6, 6.07) is 11.5. The number of rotatable bonds is 14. The van der Waals surface area contributed by atoms with Gasteiger partial charge in [-0.3, -0.25) is 14.6 Å². The maximum absolute atomic E-state index is 12.8. The van der Waals surface area contributed by atoms with Crippen LogP contribution in [-0.4, -0.2) is 74.6 Å². The van der Waals surface area contributed by atoms with E-state index < -0.39 is 6.04 Å². The van der Waals surface area contributed by atoms with Crippen LogP contribution in [0.2, 0.25) is 0 Å². The topological polar surface area (TPSA) is 86.5 Å². The Balaban J connectivity index is 1.95. The predicted octanol–water partition coefficient (Wildman–Crippen LogP) is 4.00. The van der Waals surface area contributed by atoms with Gasteiger partial charge in [-0.25, -0.2) is 0 Å². The van der Waals surface area contributed by atoms with Crippen molar-refractivity contribution in [2.24, 2.45) is 11.7 Å². The summed E-state index contributed by atoms with van der Waals surface area (Å²) in [6.45, 7) is 6.84.